The van der Waals surface area contributed by atoms with Crippen molar-refractivity contribution in [1.82, 2.24) is 4.57 Å². The van der Waals surface area contributed by atoms with E-state index in [1.54, 1.807) is 56.2 Å². The molecule has 0 aliphatic heterocycles. The van der Waals surface area contributed by atoms with E-state index >= 15 is 0 Å². The van der Waals surface area contributed by atoms with Crippen molar-refractivity contribution in [2.75, 3.05) is 19.5 Å². The third-order valence-electron chi connectivity index (χ3n) is 3.89. The van der Waals surface area contributed by atoms with Crippen molar-refractivity contribution in [2.24, 2.45) is 7.05 Å². The molecule has 134 valence electrons. The molecule has 0 atom stereocenters. The molecular weight excluding hydrogens is 352 g/mol. The number of thiazole rings is 1. The topological polar surface area (TPSA) is 69.6 Å². The third kappa shape index (κ3) is 3.62. The standard InChI is InChI=1S/C19H18N2O4S/c1-21-14-7-6-13(11-17(14)26-19(21)23)20-18(22)9-5-12-4-8-15(24-2)16(10-12)25-3/h4-11H,1-3H3,(H,20,22)/b9-5+. The third-order valence-corrected chi connectivity index (χ3v) is 4.89. The maximum Gasteiger partial charge on any atom is 0.307 e. The van der Waals surface area contributed by atoms with Gasteiger partial charge in [-0.3, -0.25) is 9.59 Å². The van der Waals surface area contributed by atoms with Gasteiger partial charge in [-0.2, -0.15) is 0 Å². The quantitative estimate of drug-likeness (QED) is 0.700. The Morgan fingerprint density at radius 2 is 1.88 bits per heavy atom. The Balaban J connectivity index is 1.74. The fourth-order valence-electron chi connectivity index (χ4n) is 2.52. The molecule has 0 spiro atoms. The van der Waals surface area contributed by atoms with Crippen LogP contribution < -0.4 is 19.7 Å². The van der Waals surface area contributed by atoms with E-state index in [0.717, 1.165) is 27.1 Å². The number of methoxy groups -OCH3 is 2. The molecule has 3 rings (SSSR count). The van der Waals surface area contributed by atoms with E-state index in [9.17, 15) is 9.59 Å². The van der Waals surface area contributed by atoms with Crippen molar-refractivity contribution in [3.05, 3.63) is 57.7 Å². The molecule has 0 fully saturated rings. The van der Waals surface area contributed by atoms with Crippen molar-refractivity contribution in [3.8, 4) is 11.5 Å². The van der Waals surface area contributed by atoms with Crippen LogP contribution in [-0.4, -0.2) is 24.7 Å². The first-order chi connectivity index (χ1) is 12.5. The van der Waals surface area contributed by atoms with Gasteiger partial charge in [-0.25, -0.2) is 0 Å². The number of benzene rings is 2. The number of aryl methyl sites for hydroxylation is 1. The van der Waals surface area contributed by atoms with Crippen LogP contribution in [0.15, 0.2) is 47.3 Å². The van der Waals surface area contributed by atoms with Gasteiger partial charge in [0.1, 0.15) is 0 Å². The minimum Gasteiger partial charge on any atom is -0.493 e. The smallest absolute Gasteiger partial charge is 0.307 e. The molecule has 0 bridgehead atoms. The van der Waals surface area contributed by atoms with Crippen molar-refractivity contribution in [3.63, 3.8) is 0 Å². The largest absolute Gasteiger partial charge is 0.493 e. The summed E-state index contributed by atoms with van der Waals surface area (Å²) in [5, 5.41) is 2.80. The van der Waals surface area contributed by atoms with Crippen LogP contribution in [0.1, 0.15) is 5.56 Å². The van der Waals surface area contributed by atoms with E-state index in [1.165, 1.54) is 6.08 Å². The fourth-order valence-corrected chi connectivity index (χ4v) is 3.44. The lowest BCUT2D eigenvalue weighted by Gasteiger charge is -2.07. The number of ether oxygens (including phenoxy) is 2. The lowest BCUT2D eigenvalue weighted by atomic mass is 10.2. The molecule has 0 aliphatic rings. The SMILES string of the molecule is COc1ccc(/C=C/C(=O)Nc2ccc3c(c2)sc(=O)n3C)cc1OC. The van der Waals surface area contributed by atoms with Crippen molar-refractivity contribution in [2.45, 2.75) is 0 Å². The van der Waals surface area contributed by atoms with Gasteiger partial charge < -0.3 is 19.4 Å². The number of nitrogens with one attached hydrogen (secondary N) is 1. The maximum atomic E-state index is 12.2. The van der Waals surface area contributed by atoms with E-state index in [2.05, 4.69) is 5.32 Å². The number of fused-ring (bicyclic) bond motifs is 1. The van der Waals surface area contributed by atoms with Crippen LogP contribution in [0.3, 0.4) is 0 Å². The van der Waals surface area contributed by atoms with Crippen LogP contribution in [-0.2, 0) is 11.8 Å². The van der Waals surface area contributed by atoms with Gasteiger partial charge in [0.2, 0.25) is 5.91 Å². The molecule has 1 amide bonds. The van der Waals surface area contributed by atoms with Crippen LogP contribution in [0, 0.1) is 0 Å². The Morgan fingerprint density at radius 3 is 2.62 bits per heavy atom. The molecule has 2 aromatic carbocycles. The number of carbonyl (C=O) groups excluding carboxylic acids is 1. The van der Waals surface area contributed by atoms with Crippen LogP contribution in [0.5, 0.6) is 11.5 Å². The minimum absolute atomic E-state index is 0.0307. The number of carbonyl (C=O) groups is 1. The molecule has 0 saturated heterocycles. The van der Waals surface area contributed by atoms with E-state index in [1.807, 2.05) is 12.1 Å². The van der Waals surface area contributed by atoms with Gasteiger partial charge in [-0.05, 0) is 42.0 Å². The second kappa shape index (κ2) is 7.45. The molecule has 3 aromatic rings. The van der Waals surface area contributed by atoms with Gasteiger partial charge in [0.25, 0.3) is 0 Å². The lowest BCUT2D eigenvalue weighted by molar-refractivity contribution is -0.111. The molecule has 0 aliphatic carbocycles. The zero-order chi connectivity index (χ0) is 18.7. The average molecular weight is 370 g/mol. The van der Waals surface area contributed by atoms with Gasteiger partial charge in [-0.15, -0.1) is 0 Å². The Kier molecular flexibility index (Phi) is 5.09. The number of aromatic nitrogens is 1. The number of rotatable bonds is 5. The summed E-state index contributed by atoms with van der Waals surface area (Å²) >= 11 is 1.15. The summed E-state index contributed by atoms with van der Waals surface area (Å²) in [5.41, 5.74) is 2.30. The number of amides is 1. The molecule has 1 heterocycles. The second-order valence-electron chi connectivity index (χ2n) is 5.55. The monoisotopic (exact) mass is 370 g/mol. The molecule has 6 nitrogen and oxygen atoms in total. The number of hydrogen-bond donors (Lipinski definition) is 1. The first kappa shape index (κ1) is 17.8. The Hall–Kier alpha value is -3.06. The summed E-state index contributed by atoms with van der Waals surface area (Å²) in [7, 11) is 4.86. The van der Waals surface area contributed by atoms with Gasteiger partial charge in [0.15, 0.2) is 11.5 Å². The van der Waals surface area contributed by atoms with E-state index < -0.39 is 0 Å². The molecule has 7 heteroatoms. The van der Waals surface area contributed by atoms with Crippen LogP contribution in [0.4, 0.5) is 5.69 Å². The van der Waals surface area contributed by atoms with Crippen molar-refractivity contribution >= 4 is 39.2 Å². The highest BCUT2D eigenvalue weighted by Crippen LogP contribution is 2.28. The predicted molar refractivity (Wildman–Crippen MR) is 104 cm³/mol. The first-order valence-corrected chi connectivity index (χ1v) is 8.64. The normalized spacial score (nSPS) is 11.0. The van der Waals surface area contributed by atoms with Gasteiger partial charge >= 0.3 is 4.87 Å². The van der Waals surface area contributed by atoms with Gasteiger partial charge in [0.05, 0.1) is 24.4 Å². The second-order valence-corrected chi connectivity index (χ2v) is 6.54. The van der Waals surface area contributed by atoms with Crippen LogP contribution in [0.25, 0.3) is 16.3 Å². The molecule has 1 N–H and O–H groups in total. The van der Waals surface area contributed by atoms with Crippen molar-refractivity contribution in [1.29, 1.82) is 0 Å². The minimum atomic E-state index is -0.262. The molecule has 0 unspecified atom stereocenters. The van der Waals surface area contributed by atoms with Crippen LogP contribution in [0.2, 0.25) is 0 Å². The Bertz CT molecular complexity index is 1050. The zero-order valence-corrected chi connectivity index (χ0v) is 15.4. The summed E-state index contributed by atoms with van der Waals surface area (Å²) in [4.78, 5) is 23.8. The highest BCUT2D eigenvalue weighted by atomic mass is 32.1. The van der Waals surface area contributed by atoms with Crippen molar-refractivity contribution < 1.29 is 14.3 Å². The molecule has 1 aromatic heterocycles. The lowest BCUT2D eigenvalue weighted by Crippen LogP contribution is -2.08. The summed E-state index contributed by atoms with van der Waals surface area (Å²) in [5.74, 6) is 0.964. The Morgan fingerprint density at radius 1 is 1.12 bits per heavy atom. The number of anilines is 1. The predicted octanol–water partition coefficient (Wildman–Crippen LogP) is 3.27. The fraction of sp³-hybridized carbons (Fsp3) is 0.158. The summed E-state index contributed by atoms with van der Waals surface area (Å²) in [6.07, 6.45) is 3.13. The number of nitrogens with zero attached hydrogens (tertiary/aromatic N) is 1. The van der Waals surface area contributed by atoms with E-state index in [4.69, 9.17) is 9.47 Å². The summed E-state index contributed by atoms with van der Waals surface area (Å²) in [6, 6.07) is 10.8. The van der Waals surface area contributed by atoms with E-state index in [0.29, 0.717) is 17.2 Å². The van der Waals surface area contributed by atoms with Crippen LogP contribution >= 0.6 is 11.3 Å². The molecule has 0 radical (unpaired) electrons. The molecule has 0 saturated carbocycles. The summed E-state index contributed by atoms with van der Waals surface area (Å²) < 4.78 is 12.9. The van der Waals surface area contributed by atoms with Gasteiger partial charge in [-0.1, -0.05) is 17.4 Å². The molecular formula is C19H18N2O4S. The Labute approximate surface area is 154 Å². The highest BCUT2D eigenvalue weighted by molar-refractivity contribution is 7.16. The number of hydrogen-bond acceptors (Lipinski definition) is 5. The first-order valence-electron chi connectivity index (χ1n) is 7.82. The highest BCUT2D eigenvalue weighted by Gasteiger charge is 2.06. The maximum absolute atomic E-state index is 12.2. The average Bonchev–Trinajstić information content (AvgIpc) is 2.93. The summed E-state index contributed by atoms with van der Waals surface area (Å²) in [6.45, 7) is 0. The zero-order valence-electron chi connectivity index (χ0n) is 14.6. The molecule has 26 heavy (non-hydrogen) atoms. The van der Waals surface area contributed by atoms with E-state index in [-0.39, 0.29) is 10.8 Å². The van der Waals surface area contributed by atoms with Gasteiger partial charge in [0, 0.05) is 18.8 Å².